The molecule has 1 heterocycles. The van der Waals surface area contributed by atoms with E-state index in [0.29, 0.717) is 5.41 Å². The molecule has 0 atom stereocenters. The summed E-state index contributed by atoms with van der Waals surface area (Å²) in [5.41, 5.74) is 1.48. The van der Waals surface area contributed by atoms with E-state index >= 15 is 0 Å². The van der Waals surface area contributed by atoms with Crippen molar-refractivity contribution in [3.63, 3.8) is 0 Å². The lowest BCUT2D eigenvalue weighted by Gasteiger charge is -2.41. The van der Waals surface area contributed by atoms with Crippen LogP contribution in [0.1, 0.15) is 50.2 Å². The Balaban J connectivity index is 2.22. The third-order valence-electron chi connectivity index (χ3n) is 3.81. The van der Waals surface area contributed by atoms with Crippen molar-refractivity contribution in [2.24, 2.45) is 5.41 Å². The van der Waals surface area contributed by atoms with E-state index in [1.165, 1.54) is 17.8 Å². The smallest absolute Gasteiger partial charge is 0.125 e. The van der Waals surface area contributed by atoms with Crippen molar-refractivity contribution in [1.82, 2.24) is 4.98 Å². The highest BCUT2D eigenvalue weighted by atomic mass is 32.1. The largest absolute Gasteiger partial charge is 0.371 e. The molecule has 3 heteroatoms. The molecule has 90 valence electrons. The number of rotatable bonds is 2. The van der Waals surface area contributed by atoms with Gasteiger partial charge in [-0.2, -0.15) is 0 Å². The lowest BCUT2D eigenvalue weighted by Crippen LogP contribution is -2.36. The minimum absolute atomic E-state index is 0.103. The van der Waals surface area contributed by atoms with E-state index in [2.05, 4.69) is 31.1 Å². The first kappa shape index (κ1) is 12.1. The zero-order valence-electron chi connectivity index (χ0n) is 10.7. The second-order valence-electron chi connectivity index (χ2n) is 5.66. The first-order valence-electron chi connectivity index (χ1n) is 5.95. The van der Waals surface area contributed by atoms with Crippen LogP contribution in [-0.2, 0) is 10.3 Å². The van der Waals surface area contributed by atoms with Gasteiger partial charge >= 0.3 is 0 Å². The fourth-order valence-electron chi connectivity index (χ4n) is 2.40. The monoisotopic (exact) mass is 239 g/mol. The van der Waals surface area contributed by atoms with E-state index in [-0.39, 0.29) is 5.60 Å². The van der Waals surface area contributed by atoms with Crippen molar-refractivity contribution in [1.29, 1.82) is 0 Å². The van der Waals surface area contributed by atoms with Crippen LogP contribution in [0.15, 0.2) is 5.38 Å². The Kier molecular flexibility index (Phi) is 3.10. The second-order valence-corrected chi connectivity index (χ2v) is 6.51. The van der Waals surface area contributed by atoms with Gasteiger partial charge in [-0.3, -0.25) is 0 Å². The predicted molar refractivity (Wildman–Crippen MR) is 67.8 cm³/mol. The van der Waals surface area contributed by atoms with Crippen molar-refractivity contribution in [3.05, 3.63) is 16.1 Å². The normalized spacial score (nSPS) is 23.2. The molecular formula is C13H21NOS. The van der Waals surface area contributed by atoms with Crippen LogP contribution in [-0.4, -0.2) is 12.1 Å². The molecule has 0 amide bonds. The molecule has 1 saturated carbocycles. The quantitative estimate of drug-likeness (QED) is 0.781. The van der Waals surface area contributed by atoms with Crippen LogP contribution >= 0.6 is 11.3 Å². The number of thiazole rings is 1. The second kappa shape index (κ2) is 4.11. The fourth-order valence-corrected chi connectivity index (χ4v) is 3.43. The summed E-state index contributed by atoms with van der Waals surface area (Å²) in [7, 11) is 1.83. The van der Waals surface area contributed by atoms with Crippen molar-refractivity contribution < 1.29 is 4.74 Å². The fraction of sp³-hybridized carbons (Fsp3) is 0.769. The molecule has 0 spiro atoms. The number of nitrogens with zero attached hydrogens (tertiary/aromatic N) is 1. The van der Waals surface area contributed by atoms with Gasteiger partial charge in [0.2, 0.25) is 0 Å². The lowest BCUT2D eigenvalue weighted by atomic mass is 9.71. The third-order valence-corrected chi connectivity index (χ3v) is 4.96. The molecule has 0 aliphatic heterocycles. The van der Waals surface area contributed by atoms with Crippen molar-refractivity contribution in [2.75, 3.05) is 7.11 Å². The molecule has 1 aliphatic rings. The Morgan fingerprint density at radius 2 is 1.88 bits per heavy atom. The summed E-state index contributed by atoms with van der Waals surface area (Å²) >= 11 is 1.74. The van der Waals surface area contributed by atoms with E-state index in [1.54, 1.807) is 11.3 Å². The summed E-state index contributed by atoms with van der Waals surface area (Å²) in [4.78, 5) is 4.62. The SMILES string of the molecule is COC1(c2nc(C)cs2)CCC(C)(C)CC1. The van der Waals surface area contributed by atoms with Crippen molar-refractivity contribution >= 4 is 11.3 Å². The average molecular weight is 239 g/mol. The van der Waals surface area contributed by atoms with Crippen LogP contribution in [0.3, 0.4) is 0 Å². The van der Waals surface area contributed by atoms with Crippen molar-refractivity contribution in [3.8, 4) is 0 Å². The van der Waals surface area contributed by atoms with E-state index in [1.807, 2.05) is 7.11 Å². The zero-order chi connectivity index (χ0) is 11.8. The Labute approximate surface area is 102 Å². The maximum atomic E-state index is 5.82. The van der Waals surface area contributed by atoms with Gasteiger partial charge in [0.15, 0.2) is 0 Å². The molecule has 0 unspecified atom stereocenters. The summed E-state index contributed by atoms with van der Waals surface area (Å²) < 4.78 is 5.82. The van der Waals surface area contributed by atoms with E-state index in [4.69, 9.17) is 4.74 Å². The Bertz CT molecular complexity index is 360. The van der Waals surface area contributed by atoms with Crippen LogP contribution in [0.5, 0.6) is 0 Å². The minimum atomic E-state index is -0.103. The number of hydrogen-bond acceptors (Lipinski definition) is 3. The average Bonchev–Trinajstić information content (AvgIpc) is 2.66. The standard InChI is InChI=1S/C13H21NOS/c1-10-9-16-11(14-10)13(15-4)7-5-12(2,3)6-8-13/h9H,5-8H2,1-4H3. The maximum absolute atomic E-state index is 5.82. The molecule has 0 saturated heterocycles. The molecular weight excluding hydrogens is 218 g/mol. The number of aromatic nitrogens is 1. The first-order valence-corrected chi connectivity index (χ1v) is 6.83. The Morgan fingerprint density at radius 3 is 2.31 bits per heavy atom. The van der Waals surface area contributed by atoms with Crippen LogP contribution in [0, 0.1) is 12.3 Å². The number of methoxy groups -OCH3 is 1. The third kappa shape index (κ3) is 2.16. The molecule has 0 aromatic carbocycles. The molecule has 1 aliphatic carbocycles. The van der Waals surface area contributed by atoms with Crippen LogP contribution < -0.4 is 0 Å². The molecule has 2 nitrogen and oxygen atoms in total. The van der Waals surface area contributed by atoms with Gasteiger partial charge in [-0.25, -0.2) is 4.98 Å². The summed E-state index contributed by atoms with van der Waals surface area (Å²) in [6.45, 7) is 6.75. The highest BCUT2D eigenvalue weighted by Crippen LogP contribution is 2.47. The van der Waals surface area contributed by atoms with Crippen LogP contribution in [0.25, 0.3) is 0 Å². The van der Waals surface area contributed by atoms with Gasteiger partial charge in [-0.05, 0) is 38.0 Å². The summed E-state index contributed by atoms with van der Waals surface area (Å²) in [6, 6.07) is 0. The van der Waals surface area contributed by atoms with Gasteiger partial charge in [-0.15, -0.1) is 11.3 Å². The van der Waals surface area contributed by atoms with Gasteiger partial charge in [0.25, 0.3) is 0 Å². The molecule has 1 aromatic heterocycles. The number of aryl methyl sites for hydroxylation is 1. The highest BCUT2D eigenvalue weighted by Gasteiger charge is 2.41. The molecule has 0 bridgehead atoms. The molecule has 0 N–H and O–H groups in total. The molecule has 2 rings (SSSR count). The maximum Gasteiger partial charge on any atom is 0.125 e. The van der Waals surface area contributed by atoms with Gasteiger partial charge in [0, 0.05) is 18.2 Å². The Morgan fingerprint density at radius 1 is 1.25 bits per heavy atom. The molecule has 1 aromatic rings. The van der Waals surface area contributed by atoms with Crippen LogP contribution in [0.4, 0.5) is 0 Å². The highest BCUT2D eigenvalue weighted by molar-refractivity contribution is 7.09. The number of hydrogen-bond donors (Lipinski definition) is 0. The first-order chi connectivity index (χ1) is 7.47. The van der Waals surface area contributed by atoms with Gasteiger partial charge < -0.3 is 4.74 Å². The van der Waals surface area contributed by atoms with E-state index in [9.17, 15) is 0 Å². The van der Waals surface area contributed by atoms with Crippen molar-refractivity contribution in [2.45, 2.75) is 52.1 Å². The summed E-state index contributed by atoms with van der Waals surface area (Å²) in [5, 5.41) is 3.29. The van der Waals surface area contributed by atoms with Gasteiger partial charge in [0.1, 0.15) is 10.6 Å². The van der Waals surface area contributed by atoms with Gasteiger partial charge in [-0.1, -0.05) is 13.8 Å². The molecule has 16 heavy (non-hydrogen) atoms. The zero-order valence-corrected chi connectivity index (χ0v) is 11.5. The van der Waals surface area contributed by atoms with Gasteiger partial charge in [0.05, 0.1) is 0 Å². The van der Waals surface area contributed by atoms with Crippen LogP contribution in [0.2, 0.25) is 0 Å². The van der Waals surface area contributed by atoms with E-state index < -0.39 is 0 Å². The minimum Gasteiger partial charge on any atom is -0.371 e. The van der Waals surface area contributed by atoms with E-state index in [0.717, 1.165) is 18.5 Å². The molecule has 1 fully saturated rings. The summed E-state index contributed by atoms with van der Waals surface area (Å²) in [5.74, 6) is 0. The predicted octanol–water partition coefficient (Wildman–Crippen LogP) is 3.89. The Hall–Kier alpha value is -0.410. The number of ether oxygens (including phenoxy) is 1. The lowest BCUT2D eigenvalue weighted by molar-refractivity contribution is -0.0668. The molecule has 0 radical (unpaired) electrons. The topological polar surface area (TPSA) is 22.1 Å². The summed E-state index contributed by atoms with van der Waals surface area (Å²) in [6.07, 6.45) is 4.64.